The molecule has 0 spiro atoms. The Balaban J connectivity index is 2.20. The van der Waals surface area contributed by atoms with E-state index >= 15 is 0 Å². The Morgan fingerprint density at radius 1 is 1.27 bits per heavy atom. The van der Waals surface area contributed by atoms with Gasteiger partial charge in [-0.1, -0.05) is 19.9 Å². The van der Waals surface area contributed by atoms with Crippen LogP contribution >= 0.6 is 0 Å². The average Bonchev–Trinajstić information content (AvgIpc) is 2.71. The van der Waals surface area contributed by atoms with Crippen molar-refractivity contribution < 1.29 is 23.5 Å². The molecule has 0 radical (unpaired) electrons. The molecule has 4 nitrogen and oxygen atoms in total. The maximum Gasteiger partial charge on any atom is 0.235 e. The molecule has 0 aromatic heterocycles. The van der Waals surface area contributed by atoms with Crippen LogP contribution in [0.5, 0.6) is 0 Å². The zero-order valence-corrected chi connectivity index (χ0v) is 12.6. The third kappa shape index (κ3) is 2.75. The smallest absolute Gasteiger partial charge is 0.235 e. The molecule has 1 unspecified atom stereocenters. The fourth-order valence-electron chi connectivity index (χ4n) is 2.89. The lowest BCUT2D eigenvalue weighted by molar-refractivity contribution is -0.143. The molecule has 1 aromatic rings. The van der Waals surface area contributed by atoms with Crippen molar-refractivity contribution in [2.75, 3.05) is 6.54 Å². The molecule has 1 fully saturated rings. The number of hydrogen-bond donors (Lipinski definition) is 1. The molecular formula is C16H19F2NO3. The Bertz CT molecular complexity index is 599. The second-order valence-electron chi connectivity index (χ2n) is 5.66. The zero-order chi connectivity index (χ0) is 16.5. The number of benzene rings is 1. The SMILES string of the molecule is CCC1(CC)CC(=O)N(CC(O)c2ccc(F)cc2F)C1=O. The van der Waals surface area contributed by atoms with Gasteiger partial charge in [0, 0.05) is 18.1 Å². The second-order valence-corrected chi connectivity index (χ2v) is 5.66. The molecule has 1 saturated heterocycles. The van der Waals surface area contributed by atoms with Gasteiger partial charge in [0.2, 0.25) is 11.8 Å². The Kier molecular flexibility index (Phi) is 4.60. The van der Waals surface area contributed by atoms with Crippen molar-refractivity contribution in [1.82, 2.24) is 4.90 Å². The number of carbonyl (C=O) groups excluding carboxylic acids is 2. The topological polar surface area (TPSA) is 57.6 Å². The van der Waals surface area contributed by atoms with Crippen molar-refractivity contribution in [1.29, 1.82) is 0 Å². The number of imide groups is 1. The minimum atomic E-state index is -1.38. The van der Waals surface area contributed by atoms with Crippen LogP contribution in [-0.2, 0) is 9.59 Å². The van der Waals surface area contributed by atoms with Crippen LogP contribution in [0.15, 0.2) is 18.2 Å². The Labute approximate surface area is 127 Å². The van der Waals surface area contributed by atoms with Crippen LogP contribution < -0.4 is 0 Å². The van der Waals surface area contributed by atoms with Gasteiger partial charge in [0.1, 0.15) is 11.6 Å². The molecule has 0 bridgehead atoms. The van der Waals surface area contributed by atoms with E-state index in [9.17, 15) is 23.5 Å². The predicted octanol–water partition coefficient (Wildman–Crippen LogP) is 2.56. The van der Waals surface area contributed by atoms with Crippen LogP contribution in [0.25, 0.3) is 0 Å². The molecule has 2 amide bonds. The van der Waals surface area contributed by atoms with E-state index in [1.54, 1.807) is 0 Å². The highest BCUT2D eigenvalue weighted by Crippen LogP contribution is 2.39. The van der Waals surface area contributed by atoms with Gasteiger partial charge in [-0.25, -0.2) is 8.78 Å². The number of nitrogens with zero attached hydrogens (tertiary/aromatic N) is 1. The molecule has 1 aromatic carbocycles. The number of carbonyl (C=O) groups is 2. The average molecular weight is 311 g/mol. The van der Waals surface area contributed by atoms with Gasteiger partial charge in [0.05, 0.1) is 18.1 Å². The normalized spacial score (nSPS) is 18.9. The van der Waals surface area contributed by atoms with Gasteiger partial charge >= 0.3 is 0 Å². The number of likely N-dealkylation sites (tertiary alicyclic amines) is 1. The summed E-state index contributed by atoms with van der Waals surface area (Å²) < 4.78 is 26.6. The summed E-state index contributed by atoms with van der Waals surface area (Å²) in [7, 11) is 0. The van der Waals surface area contributed by atoms with Gasteiger partial charge in [0.15, 0.2) is 0 Å². The van der Waals surface area contributed by atoms with E-state index in [1.807, 2.05) is 13.8 Å². The molecule has 1 aliphatic heterocycles. The summed E-state index contributed by atoms with van der Waals surface area (Å²) in [5.41, 5.74) is -0.856. The number of aliphatic hydroxyl groups excluding tert-OH is 1. The van der Waals surface area contributed by atoms with Gasteiger partial charge in [0.25, 0.3) is 0 Å². The summed E-state index contributed by atoms with van der Waals surface area (Å²) in [5, 5.41) is 10.1. The Morgan fingerprint density at radius 2 is 1.91 bits per heavy atom. The highest BCUT2D eigenvalue weighted by atomic mass is 19.1. The fourth-order valence-corrected chi connectivity index (χ4v) is 2.89. The van der Waals surface area contributed by atoms with E-state index < -0.39 is 23.2 Å². The van der Waals surface area contributed by atoms with Crippen LogP contribution in [0.4, 0.5) is 8.78 Å². The third-order valence-electron chi connectivity index (χ3n) is 4.52. The fraction of sp³-hybridized carbons (Fsp3) is 0.500. The molecule has 22 heavy (non-hydrogen) atoms. The van der Waals surface area contributed by atoms with Gasteiger partial charge in [-0.15, -0.1) is 0 Å². The number of rotatable bonds is 5. The van der Waals surface area contributed by atoms with Crippen molar-refractivity contribution in [3.05, 3.63) is 35.4 Å². The Hall–Kier alpha value is -1.82. The van der Waals surface area contributed by atoms with Crippen molar-refractivity contribution >= 4 is 11.8 Å². The van der Waals surface area contributed by atoms with E-state index in [4.69, 9.17) is 0 Å². The second kappa shape index (κ2) is 6.12. The highest BCUT2D eigenvalue weighted by Gasteiger charge is 2.49. The molecule has 2 rings (SSSR count). The lowest BCUT2D eigenvalue weighted by Crippen LogP contribution is -2.38. The quantitative estimate of drug-likeness (QED) is 0.850. The molecule has 1 heterocycles. The minimum Gasteiger partial charge on any atom is -0.386 e. The van der Waals surface area contributed by atoms with Crippen molar-refractivity contribution in [3.63, 3.8) is 0 Å². The first-order chi connectivity index (χ1) is 10.3. The molecule has 1 atom stereocenters. The lowest BCUT2D eigenvalue weighted by atomic mass is 9.81. The summed E-state index contributed by atoms with van der Waals surface area (Å²) in [6, 6.07) is 2.81. The minimum absolute atomic E-state index is 0.109. The lowest BCUT2D eigenvalue weighted by Gasteiger charge is -2.25. The van der Waals surface area contributed by atoms with E-state index in [0.717, 1.165) is 17.0 Å². The van der Waals surface area contributed by atoms with E-state index in [1.165, 1.54) is 0 Å². The largest absolute Gasteiger partial charge is 0.386 e. The van der Waals surface area contributed by atoms with Gasteiger partial charge in [-0.2, -0.15) is 0 Å². The number of aliphatic hydroxyl groups is 1. The van der Waals surface area contributed by atoms with Gasteiger partial charge in [-0.3, -0.25) is 14.5 Å². The van der Waals surface area contributed by atoms with E-state index in [0.29, 0.717) is 18.9 Å². The van der Waals surface area contributed by atoms with Gasteiger partial charge < -0.3 is 5.11 Å². The van der Waals surface area contributed by atoms with Crippen LogP contribution in [0, 0.1) is 17.0 Å². The third-order valence-corrected chi connectivity index (χ3v) is 4.52. The summed E-state index contributed by atoms with van der Waals surface area (Å²) in [5.74, 6) is -2.35. The maximum absolute atomic E-state index is 13.7. The number of β-amino-alcohol motifs (C(OH)–C–C–N with tert-alkyl or cyclic N) is 1. The first-order valence-corrected chi connectivity index (χ1v) is 7.32. The standard InChI is InChI=1S/C16H19F2NO3/c1-3-16(4-2)8-14(21)19(15(16)22)9-13(20)11-6-5-10(17)7-12(11)18/h5-7,13,20H,3-4,8-9H2,1-2H3. The predicted molar refractivity (Wildman–Crippen MR) is 75.7 cm³/mol. The molecule has 120 valence electrons. The van der Waals surface area contributed by atoms with Crippen LogP contribution in [0.2, 0.25) is 0 Å². The summed E-state index contributed by atoms with van der Waals surface area (Å²) in [6.07, 6.45) is -0.202. The van der Waals surface area contributed by atoms with Crippen molar-refractivity contribution in [2.24, 2.45) is 5.41 Å². The summed E-state index contributed by atoms with van der Waals surface area (Å²) >= 11 is 0. The first-order valence-electron chi connectivity index (χ1n) is 7.32. The molecule has 0 aliphatic carbocycles. The van der Waals surface area contributed by atoms with Crippen molar-refractivity contribution in [2.45, 2.75) is 39.2 Å². The van der Waals surface area contributed by atoms with E-state index in [-0.39, 0.29) is 30.3 Å². The molecule has 1 N–H and O–H groups in total. The Morgan fingerprint density at radius 3 is 2.41 bits per heavy atom. The summed E-state index contributed by atoms with van der Waals surface area (Å²) in [4.78, 5) is 25.5. The van der Waals surface area contributed by atoms with Crippen LogP contribution in [-0.4, -0.2) is 28.4 Å². The van der Waals surface area contributed by atoms with Crippen LogP contribution in [0.3, 0.4) is 0 Å². The first kappa shape index (κ1) is 16.5. The zero-order valence-electron chi connectivity index (χ0n) is 12.6. The molecule has 6 heteroatoms. The maximum atomic E-state index is 13.7. The van der Waals surface area contributed by atoms with Crippen LogP contribution in [0.1, 0.15) is 44.8 Å². The van der Waals surface area contributed by atoms with E-state index in [2.05, 4.69) is 0 Å². The number of amides is 2. The monoisotopic (exact) mass is 311 g/mol. The summed E-state index contributed by atoms with van der Waals surface area (Å²) in [6.45, 7) is 3.37. The molecule has 1 aliphatic rings. The van der Waals surface area contributed by atoms with Gasteiger partial charge in [-0.05, 0) is 18.9 Å². The number of hydrogen-bond acceptors (Lipinski definition) is 3. The highest BCUT2D eigenvalue weighted by molar-refractivity contribution is 6.05. The molecule has 0 saturated carbocycles. The van der Waals surface area contributed by atoms with Crippen molar-refractivity contribution in [3.8, 4) is 0 Å². The number of halogens is 2. The molecular weight excluding hydrogens is 292 g/mol.